The normalized spacial score (nSPS) is 16.8. The van der Waals surface area contributed by atoms with Crippen LogP contribution in [0.2, 0.25) is 0 Å². The van der Waals surface area contributed by atoms with Crippen molar-refractivity contribution >= 4 is 33.9 Å². The van der Waals surface area contributed by atoms with E-state index in [1.54, 1.807) is 36.3 Å². The third kappa shape index (κ3) is 2.21. The first kappa shape index (κ1) is 15.6. The van der Waals surface area contributed by atoms with E-state index in [1.165, 1.54) is 11.3 Å². The molecule has 1 aliphatic rings. The zero-order valence-electron chi connectivity index (χ0n) is 13.8. The monoisotopic (exact) mass is 357 g/mol. The number of imidazole rings is 1. The van der Waals surface area contributed by atoms with E-state index >= 15 is 0 Å². The number of carboxylic acid groups (broad SMARTS) is 1. The number of hydrogen-bond donors (Lipinski definition) is 1. The first-order valence-electron chi connectivity index (χ1n) is 7.67. The molecule has 1 unspecified atom stereocenters. The van der Waals surface area contributed by atoms with E-state index in [0.29, 0.717) is 22.1 Å². The number of fused-ring (bicyclic) bond motifs is 2. The molecule has 1 N–H and O–H groups in total. The van der Waals surface area contributed by atoms with Crippen molar-refractivity contribution in [2.24, 2.45) is 0 Å². The van der Waals surface area contributed by atoms with Crippen LogP contribution in [0.25, 0.3) is 16.2 Å². The van der Waals surface area contributed by atoms with E-state index < -0.39 is 12.1 Å². The Balaban J connectivity index is 1.91. The van der Waals surface area contributed by atoms with Gasteiger partial charge < -0.3 is 14.7 Å². The fourth-order valence-corrected chi connectivity index (χ4v) is 4.03. The Morgan fingerprint density at radius 1 is 1.40 bits per heavy atom. The predicted molar refractivity (Wildman–Crippen MR) is 93.7 cm³/mol. The maximum atomic E-state index is 12.2. The second-order valence-electron chi connectivity index (χ2n) is 5.93. The number of amides is 1. The second kappa shape index (κ2) is 5.32. The lowest BCUT2D eigenvalue weighted by Crippen LogP contribution is -2.41. The van der Waals surface area contributed by atoms with Gasteiger partial charge in [-0.05, 0) is 32.0 Å². The van der Waals surface area contributed by atoms with Crippen molar-refractivity contribution in [2.75, 3.05) is 11.9 Å². The van der Waals surface area contributed by atoms with Crippen LogP contribution in [0.3, 0.4) is 0 Å². The van der Waals surface area contributed by atoms with Gasteiger partial charge >= 0.3 is 5.97 Å². The molecular weight excluding hydrogens is 342 g/mol. The zero-order chi connectivity index (χ0) is 17.9. The predicted octanol–water partition coefficient (Wildman–Crippen LogP) is 2.81. The lowest BCUT2D eigenvalue weighted by Gasteiger charge is -2.30. The first-order chi connectivity index (χ1) is 11.9. The van der Waals surface area contributed by atoms with Crippen molar-refractivity contribution in [2.45, 2.75) is 20.0 Å². The molecule has 128 valence electrons. The molecule has 0 saturated carbocycles. The fourth-order valence-electron chi connectivity index (χ4n) is 3.09. The van der Waals surface area contributed by atoms with Gasteiger partial charge in [-0.3, -0.25) is 9.20 Å². The highest BCUT2D eigenvalue weighted by Crippen LogP contribution is 2.38. The maximum Gasteiger partial charge on any atom is 0.354 e. The number of aromatic nitrogens is 2. The van der Waals surface area contributed by atoms with Crippen LogP contribution >= 0.6 is 11.3 Å². The summed E-state index contributed by atoms with van der Waals surface area (Å²) in [5, 5.41) is 11.4. The Hall–Kier alpha value is -2.87. The minimum atomic E-state index is -1.02. The number of anilines is 1. The van der Waals surface area contributed by atoms with Gasteiger partial charge in [-0.15, -0.1) is 11.3 Å². The highest BCUT2D eigenvalue weighted by atomic mass is 32.1. The number of aromatic carboxylic acids is 1. The molecule has 1 amide bonds. The number of carbonyl (C=O) groups excluding carboxylic acids is 1. The number of rotatable bonds is 2. The Labute approximate surface area is 147 Å². The lowest BCUT2D eigenvalue weighted by molar-refractivity contribution is -0.125. The smallest absolute Gasteiger partial charge is 0.354 e. The van der Waals surface area contributed by atoms with E-state index in [0.717, 1.165) is 11.3 Å². The Morgan fingerprint density at radius 3 is 2.88 bits per heavy atom. The summed E-state index contributed by atoms with van der Waals surface area (Å²) < 4.78 is 7.28. The van der Waals surface area contributed by atoms with Gasteiger partial charge in [0.1, 0.15) is 5.75 Å². The molecule has 4 rings (SSSR count). The number of nitrogens with zero attached hydrogens (tertiary/aromatic N) is 3. The molecule has 0 fully saturated rings. The number of benzene rings is 1. The van der Waals surface area contributed by atoms with Crippen LogP contribution < -0.4 is 9.64 Å². The fraction of sp³-hybridized carbons (Fsp3) is 0.235. The Morgan fingerprint density at radius 2 is 2.16 bits per heavy atom. The summed E-state index contributed by atoms with van der Waals surface area (Å²) in [6.45, 7) is 3.40. The van der Waals surface area contributed by atoms with E-state index in [9.17, 15) is 14.7 Å². The van der Waals surface area contributed by atoms with Crippen LogP contribution in [0.15, 0.2) is 23.6 Å². The van der Waals surface area contributed by atoms with Gasteiger partial charge in [-0.25, -0.2) is 9.78 Å². The van der Waals surface area contributed by atoms with Gasteiger partial charge in [0, 0.05) is 18.0 Å². The Kier molecular flexibility index (Phi) is 3.33. The van der Waals surface area contributed by atoms with Crippen molar-refractivity contribution in [3.63, 3.8) is 0 Å². The van der Waals surface area contributed by atoms with Crippen molar-refractivity contribution in [1.82, 2.24) is 9.38 Å². The first-order valence-corrected chi connectivity index (χ1v) is 8.55. The largest absolute Gasteiger partial charge is 0.479 e. The number of likely N-dealkylation sites (N-methyl/N-ethyl adjacent to an activating group) is 1. The van der Waals surface area contributed by atoms with Crippen LogP contribution in [0.1, 0.15) is 23.1 Å². The molecule has 1 aliphatic heterocycles. The Bertz CT molecular complexity index is 1040. The molecule has 2 aromatic heterocycles. The van der Waals surface area contributed by atoms with Gasteiger partial charge in [-0.2, -0.15) is 0 Å². The molecule has 25 heavy (non-hydrogen) atoms. The molecule has 1 aromatic carbocycles. The quantitative estimate of drug-likeness (QED) is 0.762. The van der Waals surface area contributed by atoms with E-state index in [2.05, 4.69) is 4.98 Å². The number of carbonyl (C=O) groups is 2. The van der Waals surface area contributed by atoms with Gasteiger partial charge in [0.25, 0.3) is 5.91 Å². The molecule has 3 aromatic rings. The highest BCUT2D eigenvalue weighted by molar-refractivity contribution is 7.15. The molecule has 1 atom stereocenters. The minimum Gasteiger partial charge on any atom is -0.479 e. The zero-order valence-corrected chi connectivity index (χ0v) is 14.6. The molecule has 0 radical (unpaired) electrons. The number of thiazole rings is 1. The summed E-state index contributed by atoms with van der Waals surface area (Å²) in [6, 6.07) is 5.50. The molecule has 0 aliphatic carbocycles. The third-order valence-electron chi connectivity index (χ3n) is 4.34. The van der Waals surface area contributed by atoms with Gasteiger partial charge in [0.2, 0.25) is 0 Å². The van der Waals surface area contributed by atoms with Gasteiger partial charge in [0.05, 0.1) is 17.1 Å². The molecule has 8 heteroatoms. The molecule has 3 heterocycles. The average Bonchev–Trinajstić information content (AvgIpc) is 3.10. The van der Waals surface area contributed by atoms with Crippen LogP contribution in [0.4, 0.5) is 5.69 Å². The van der Waals surface area contributed by atoms with Crippen LogP contribution in [-0.2, 0) is 4.79 Å². The minimum absolute atomic E-state index is 0.121. The van der Waals surface area contributed by atoms with Gasteiger partial charge in [0.15, 0.2) is 16.8 Å². The average molecular weight is 357 g/mol. The maximum absolute atomic E-state index is 12.2. The number of hydrogen-bond acceptors (Lipinski definition) is 5. The summed E-state index contributed by atoms with van der Waals surface area (Å²) >= 11 is 1.38. The standard InChI is InChI=1S/C17H15N3O4S/c1-8-14(16(22)23)20-12(7-25-17(20)18-8)10-4-5-13-11(6-10)19(3)15(21)9(2)24-13/h4-7,9H,1-3H3,(H,22,23). The van der Waals surface area contributed by atoms with Crippen LogP contribution in [-0.4, -0.2) is 39.5 Å². The summed E-state index contributed by atoms with van der Waals surface area (Å²) in [7, 11) is 1.71. The molecule has 0 bridgehead atoms. The molecule has 7 nitrogen and oxygen atoms in total. The van der Waals surface area contributed by atoms with E-state index in [-0.39, 0.29) is 11.6 Å². The second-order valence-corrected chi connectivity index (χ2v) is 6.77. The van der Waals surface area contributed by atoms with Gasteiger partial charge in [-0.1, -0.05) is 0 Å². The molecule has 0 saturated heterocycles. The van der Waals surface area contributed by atoms with Crippen molar-refractivity contribution in [1.29, 1.82) is 0 Å². The SMILES string of the molecule is Cc1nc2scc(-c3ccc4c(c3)N(C)C(=O)C(C)O4)n2c1C(=O)O. The molecule has 0 spiro atoms. The van der Waals surface area contributed by atoms with Crippen molar-refractivity contribution in [3.8, 4) is 17.0 Å². The molecular formula is C17H15N3O4S. The van der Waals surface area contributed by atoms with Crippen molar-refractivity contribution in [3.05, 3.63) is 35.0 Å². The lowest BCUT2D eigenvalue weighted by atomic mass is 10.1. The number of aryl methyl sites for hydroxylation is 1. The topological polar surface area (TPSA) is 84.1 Å². The summed E-state index contributed by atoms with van der Waals surface area (Å²) in [5.74, 6) is -0.512. The van der Waals surface area contributed by atoms with Crippen molar-refractivity contribution < 1.29 is 19.4 Å². The third-order valence-corrected chi connectivity index (χ3v) is 5.16. The number of carboxylic acids is 1. The summed E-state index contributed by atoms with van der Waals surface area (Å²) in [4.78, 5) is 30.3. The number of ether oxygens (including phenoxy) is 1. The van der Waals surface area contributed by atoms with E-state index in [1.807, 2.05) is 17.5 Å². The van der Waals surface area contributed by atoms with Crippen LogP contribution in [0, 0.1) is 6.92 Å². The summed E-state index contributed by atoms with van der Waals surface area (Å²) in [5.41, 5.74) is 2.80. The highest BCUT2D eigenvalue weighted by Gasteiger charge is 2.29. The summed E-state index contributed by atoms with van der Waals surface area (Å²) in [6.07, 6.45) is -0.522. The van der Waals surface area contributed by atoms with Crippen LogP contribution in [0.5, 0.6) is 5.75 Å². The van der Waals surface area contributed by atoms with E-state index in [4.69, 9.17) is 4.74 Å².